The van der Waals surface area contributed by atoms with Crippen LogP contribution in [-0.4, -0.2) is 28.1 Å². The SMILES string of the molecule is Cc1cc(F)c(C(=O)NC[C@@H](Cc2cnn(C)c2)C(N)=O)cc1F. The van der Waals surface area contributed by atoms with Gasteiger partial charge in [-0.25, -0.2) is 8.78 Å². The van der Waals surface area contributed by atoms with E-state index < -0.39 is 34.9 Å². The molecule has 24 heavy (non-hydrogen) atoms. The molecule has 2 rings (SSSR count). The van der Waals surface area contributed by atoms with Gasteiger partial charge in [-0.15, -0.1) is 0 Å². The Morgan fingerprint density at radius 1 is 1.33 bits per heavy atom. The first-order valence-corrected chi connectivity index (χ1v) is 7.28. The summed E-state index contributed by atoms with van der Waals surface area (Å²) >= 11 is 0. The molecule has 0 aliphatic heterocycles. The first-order valence-electron chi connectivity index (χ1n) is 7.28. The van der Waals surface area contributed by atoms with E-state index in [0.29, 0.717) is 0 Å². The van der Waals surface area contributed by atoms with Crippen molar-refractivity contribution in [2.45, 2.75) is 13.3 Å². The van der Waals surface area contributed by atoms with Crippen LogP contribution in [0.25, 0.3) is 0 Å². The summed E-state index contributed by atoms with van der Waals surface area (Å²) < 4.78 is 28.9. The van der Waals surface area contributed by atoms with E-state index in [0.717, 1.165) is 17.7 Å². The Morgan fingerprint density at radius 3 is 2.62 bits per heavy atom. The monoisotopic (exact) mass is 336 g/mol. The predicted molar refractivity (Wildman–Crippen MR) is 83.0 cm³/mol. The largest absolute Gasteiger partial charge is 0.369 e. The highest BCUT2D eigenvalue weighted by Crippen LogP contribution is 2.14. The topological polar surface area (TPSA) is 90.0 Å². The van der Waals surface area contributed by atoms with Crippen LogP contribution in [0.4, 0.5) is 8.78 Å². The van der Waals surface area contributed by atoms with Gasteiger partial charge in [-0.05, 0) is 36.6 Å². The molecule has 0 saturated heterocycles. The molecule has 2 aromatic rings. The van der Waals surface area contributed by atoms with Gasteiger partial charge in [0.1, 0.15) is 11.6 Å². The Bertz CT molecular complexity index is 773. The number of primary amides is 1. The van der Waals surface area contributed by atoms with Gasteiger partial charge in [0.05, 0.1) is 17.7 Å². The summed E-state index contributed by atoms with van der Waals surface area (Å²) in [5.41, 5.74) is 5.81. The molecular formula is C16H18F2N4O2. The lowest BCUT2D eigenvalue weighted by atomic mass is 10.0. The maximum absolute atomic E-state index is 13.8. The number of rotatable bonds is 6. The summed E-state index contributed by atoms with van der Waals surface area (Å²) in [7, 11) is 1.74. The van der Waals surface area contributed by atoms with Gasteiger partial charge in [-0.3, -0.25) is 14.3 Å². The zero-order valence-corrected chi connectivity index (χ0v) is 13.3. The number of nitrogens with two attached hydrogens (primary N) is 1. The Kier molecular flexibility index (Phi) is 5.28. The molecule has 1 aromatic heterocycles. The van der Waals surface area contributed by atoms with Crippen LogP contribution >= 0.6 is 0 Å². The fourth-order valence-corrected chi connectivity index (χ4v) is 2.27. The molecule has 1 atom stereocenters. The summed E-state index contributed by atoms with van der Waals surface area (Å²) in [6.45, 7) is 1.31. The second kappa shape index (κ2) is 7.20. The molecule has 0 aliphatic rings. The molecular weight excluding hydrogens is 318 g/mol. The minimum Gasteiger partial charge on any atom is -0.369 e. The lowest BCUT2D eigenvalue weighted by Crippen LogP contribution is -2.37. The maximum atomic E-state index is 13.8. The number of nitrogens with zero attached hydrogens (tertiary/aromatic N) is 2. The maximum Gasteiger partial charge on any atom is 0.254 e. The molecule has 8 heteroatoms. The van der Waals surface area contributed by atoms with Crippen LogP contribution in [0.1, 0.15) is 21.5 Å². The van der Waals surface area contributed by atoms with Crippen LogP contribution in [-0.2, 0) is 18.3 Å². The summed E-state index contributed by atoms with van der Waals surface area (Å²) in [5, 5.41) is 6.41. The average molecular weight is 336 g/mol. The Hall–Kier alpha value is -2.77. The number of aromatic nitrogens is 2. The van der Waals surface area contributed by atoms with Gasteiger partial charge >= 0.3 is 0 Å². The van der Waals surface area contributed by atoms with Gasteiger partial charge in [-0.1, -0.05) is 0 Å². The van der Waals surface area contributed by atoms with E-state index in [-0.39, 0.29) is 18.5 Å². The number of carbonyl (C=O) groups is 2. The van der Waals surface area contributed by atoms with E-state index in [1.165, 1.54) is 6.92 Å². The van der Waals surface area contributed by atoms with E-state index >= 15 is 0 Å². The van der Waals surface area contributed by atoms with Crippen LogP contribution < -0.4 is 11.1 Å². The van der Waals surface area contributed by atoms with Gasteiger partial charge in [0, 0.05) is 19.8 Å². The Morgan fingerprint density at radius 2 is 2.04 bits per heavy atom. The van der Waals surface area contributed by atoms with E-state index in [2.05, 4.69) is 10.4 Å². The Labute approximate surface area is 137 Å². The van der Waals surface area contributed by atoms with Crippen molar-refractivity contribution in [3.63, 3.8) is 0 Å². The average Bonchev–Trinajstić information content (AvgIpc) is 2.91. The molecule has 0 bridgehead atoms. The zero-order valence-electron chi connectivity index (χ0n) is 13.3. The normalized spacial score (nSPS) is 12.0. The molecule has 2 amide bonds. The van der Waals surface area contributed by atoms with Crippen LogP contribution in [0, 0.1) is 24.5 Å². The molecule has 0 aliphatic carbocycles. The molecule has 0 unspecified atom stereocenters. The summed E-state index contributed by atoms with van der Waals surface area (Å²) in [6.07, 6.45) is 3.60. The quantitative estimate of drug-likeness (QED) is 0.827. The van der Waals surface area contributed by atoms with E-state index in [4.69, 9.17) is 5.73 Å². The van der Waals surface area contributed by atoms with Gasteiger partial charge < -0.3 is 11.1 Å². The van der Waals surface area contributed by atoms with Crippen molar-refractivity contribution < 1.29 is 18.4 Å². The number of halogens is 2. The molecule has 128 valence electrons. The van der Waals surface area contributed by atoms with Crippen molar-refractivity contribution in [3.8, 4) is 0 Å². The number of hydrogen-bond acceptors (Lipinski definition) is 3. The highest BCUT2D eigenvalue weighted by Gasteiger charge is 2.20. The third-order valence-electron chi connectivity index (χ3n) is 3.64. The summed E-state index contributed by atoms with van der Waals surface area (Å²) in [4.78, 5) is 23.6. The van der Waals surface area contributed by atoms with Crippen LogP contribution in [0.15, 0.2) is 24.5 Å². The highest BCUT2D eigenvalue weighted by atomic mass is 19.1. The molecule has 1 heterocycles. The number of hydrogen-bond donors (Lipinski definition) is 2. The van der Waals surface area contributed by atoms with Crippen molar-refractivity contribution in [1.29, 1.82) is 0 Å². The number of benzene rings is 1. The molecule has 0 saturated carbocycles. The second-order valence-electron chi connectivity index (χ2n) is 5.62. The second-order valence-corrected chi connectivity index (χ2v) is 5.62. The van der Waals surface area contributed by atoms with Crippen molar-refractivity contribution in [2.24, 2.45) is 18.7 Å². The van der Waals surface area contributed by atoms with Gasteiger partial charge in [0.15, 0.2) is 0 Å². The lowest BCUT2D eigenvalue weighted by molar-refractivity contribution is -0.121. The molecule has 6 nitrogen and oxygen atoms in total. The fourth-order valence-electron chi connectivity index (χ4n) is 2.27. The van der Waals surface area contributed by atoms with Crippen LogP contribution in [0.3, 0.4) is 0 Å². The number of carbonyl (C=O) groups excluding carboxylic acids is 2. The lowest BCUT2D eigenvalue weighted by Gasteiger charge is -2.14. The first-order chi connectivity index (χ1) is 11.3. The van der Waals surface area contributed by atoms with Gasteiger partial charge in [0.2, 0.25) is 5.91 Å². The third-order valence-corrected chi connectivity index (χ3v) is 3.64. The van der Waals surface area contributed by atoms with E-state index in [1.54, 1.807) is 24.1 Å². The minimum atomic E-state index is -0.825. The fraction of sp³-hybridized carbons (Fsp3) is 0.312. The molecule has 3 N–H and O–H groups in total. The Balaban J connectivity index is 2.05. The highest BCUT2D eigenvalue weighted by molar-refractivity contribution is 5.94. The molecule has 0 radical (unpaired) electrons. The van der Waals surface area contributed by atoms with Crippen LogP contribution in [0.5, 0.6) is 0 Å². The minimum absolute atomic E-state index is 0.0853. The number of aryl methyl sites for hydroxylation is 2. The van der Waals surface area contributed by atoms with Gasteiger partial charge in [0.25, 0.3) is 5.91 Å². The molecule has 0 spiro atoms. The van der Waals surface area contributed by atoms with Crippen molar-refractivity contribution in [1.82, 2.24) is 15.1 Å². The smallest absolute Gasteiger partial charge is 0.254 e. The van der Waals surface area contributed by atoms with Crippen molar-refractivity contribution >= 4 is 11.8 Å². The first kappa shape index (κ1) is 17.6. The number of nitrogens with one attached hydrogen (secondary N) is 1. The van der Waals surface area contributed by atoms with Gasteiger partial charge in [-0.2, -0.15) is 5.10 Å². The standard InChI is InChI=1S/C16H18F2N4O2/c1-9-3-14(18)12(5-13(9)17)16(24)20-7-11(15(19)23)4-10-6-21-22(2)8-10/h3,5-6,8,11H,4,7H2,1-2H3,(H2,19,23)(H,20,24)/t11-/m1/s1. The zero-order chi connectivity index (χ0) is 17.9. The molecule has 1 aromatic carbocycles. The van der Waals surface area contributed by atoms with Crippen molar-refractivity contribution in [3.05, 3.63) is 52.9 Å². The summed E-state index contributed by atoms with van der Waals surface area (Å²) in [6, 6.07) is 1.78. The third kappa shape index (κ3) is 4.15. The van der Waals surface area contributed by atoms with Crippen LogP contribution in [0.2, 0.25) is 0 Å². The summed E-state index contributed by atoms with van der Waals surface area (Å²) in [5.74, 6) is -3.59. The van der Waals surface area contributed by atoms with E-state index in [9.17, 15) is 18.4 Å². The molecule has 0 fully saturated rings. The van der Waals surface area contributed by atoms with E-state index in [1.807, 2.05) is 0 Å². The van der Waals surface area contributed by atoms with Crippen molar-refractivity contribution in [2.75, 3.05) is 6.54 Å². The number of amides is 2. The predicted octanol–water partition coefficient (Wildman–Crippen LogP) is 1.08.